The first kappa shape index (κ1) is 13.1. The molecule has 0 unspecified atom stereocenters. The lowest BCUT2D eigenvalue weighted by atomic mass is 10.1. The number of esters is 1. The van der Waals surface area contributed by atoms with Crippen molar-refractivity contribution in [2.24, 2.45) is 5.73 Å². The van der Waals surface area contributed by atoms with Crippen LogP contribution >= 0.6 is 15.9 Å². The third kappa shape index (κ3) is 2.99. The molecule has 0 saturated carbocycles. The molecule has 0 fully saturated rings. The molecule has 6 heteroatoms. The molecule has 0 heterocycles. The van der Waals surface area contributed by atoms with Crippen molar-refractivity contribution in [2.75, 3.05) is 7.11 Å². The summed E-state index contributed by atoms with van der Waals surface area (Å²) in [6, 6.07) is 1.15. The lowest BCUT2D eigenvalue weighted by Crippen LogP contribution is -2.34. The minimum atomic E-state index is -1.07. The molecule has 1 rings (SSSR count). The first-order valence-electron chi connectivity index (χ1n) is 4.42. The van der Waals surface area contributed by atoms with Gasteiger partial charge in [0.2, 0.25) is 0 Å². The highest BCUT2D eigenvalue weighted by Gasteiger charge is 2.19. The Balaban J connectivity index is 2.93. The Hall–Kier alpha value is -1.01. The highest BCUT2D eigenvalue weighted by Crippen LogP contribution is 2.20. The Morgan fingerprint density at radius 2 is 2.00 bits per heavy atom. The predicted octanol–water partition coefficient (Wildman–Crippen LogP) is 1.77. The first-order chi connectivity index (χ1) is 7.45. The van der Waals surface area contributed by atoms with E-state index in [4.69, 9.17) is 5.73 Å². The fourth-order valence-electron chi connectivity index (χ4n) is 1.22. The maximum Gasteiger partial charge on any atom is 0.322 e. The minimum Gasteiger partial charge on any atom is -0.468 e. The van der Waals surface area contributed by atoms with Gasteiger partial charge in [-0.3, -0.25) is 4.79 Å². The fourth-order valence-corrected chi connectivity index (χ4v) is 1.62. The van der Waals surface area contributed by atoms with Crippen LogP contribution in [0.2, 0.25) is 0 Å². The SMILES string of the molecule is COC(=O)[C@H](N)Cc1c(F)cc(Br)cc1F. The number of benzene rings is 1. The summed E-state index contributed by atoms with van der Waals surface area (Å²) in [5.74, 6) is -2.20. The number of carbonyl (C=O) groups is 1. The summed E-state index contributed by atoms with van der Waals surface area (Å²) in [5, 5.41) is 0. The molecule has 1 aromatic carbocycles. The van der Waals surface area contributed by atoms with Gasteiger partial charge < -0.3 is 10.5 Å². The fraction of sp³-hybridized carbons (Fsp3) is 0.300. The van der Waals surface area contributed by atoms with Crippen LogP contribution in [-0.4, -0.2) is 19.1 Å². The molecule has 0 aliphatic heterocycles. The van der Waals surface area contributed by atoms with Crippen molar-refractivity contribution < 1.29 is 18.3 Å². The van der Waals surface area contributed by atoms with E-state index >= 15 is 0 Å². The average Bonchev–Trinajstić information content (AvgIpc) is 2.21. The van der Waals surface area contributed by atoms with Crippen molar-refractivity contribution in [3.63, 3.8) is 0 Å². The van der Waals surface area contributed by atoms with Gasteiger partial charge in [-0.25, -0.2) is 8.78 Å². The second-order valence-electron chi connectivity index (χ2n) is 3.18. The summed E-state index contributed by atoms with van der Waals surface area (Å²) in [5.41, 5.74) is 5.19. The highest BCUT2D eigenvalue weighted by molar-refractivity contribution is 9.10. The summed E-state index contributed by atoms with van der Waals surface area (Å²) in [6.07, 6.45) is -0.238. The van der Waals surface area contributed by atoms with E-state index in [1.165, 1.54) is 0 Å². The molecule has 1 aromatic rings. The van der Waals surface area contributed by atoms with Crippen LogP contribution in [0.1, 0.15) is 5.56 Å². The lowest BCUT2D eigenvalue weighted by molar-refractivity contribution is -0.142. The second kappa shape index (κ2) is 5.36. The zero-order valence-corrected chi connectivity index (χ0v) is 10.1. The van der Waals surface area contributed by atoms with Gasteiger partial charge in [-0.2, -0.15) is 0 Å². The predicted molar refractivity (Wildman–Crippen MR) is 57.8 cm³/mol. The number of nitrogens with two attached hydrogens (primary N) is 1. The molecule has 3 nitrogen and oxygen atoms in total. The van der Waals surface area contributed by atoms with E-state index in [0.717, 1.165) is 19.2 Å². The molecule has 0 aliphatic carbocycles. The zero-order chi connectivity index (χ0) is 12.3. The Morgan fingerprint density at radius 3 is 2.44 bits per heavy atom. The summed E-state index contributed by atoms with van der Waals surface area (Å²) < 4.78 is 31.4. The van der Waals surface area contributed by atoms with Gasteiger partial charge in [0.25, 0.3) is 0 Å². The van der Waals surface area contributed by atoms with E-state index in [1.807, 2.05) is 0 Å². The second-order valence-corrected chi connectivity index (χ2v) is 4.10. The number of hydrogen-bond donors (Lipinski definition) is 1. The molecular formula is C10H10BrF2NO2. The van der Waals surface area contributed by atoms with Crippen molar-refractivity contribution in [3.8, 4) is 0 Å². The number of methoxy groups -OCH3 is 1. The van der Waals surface area contributed by atoms with E-state index in [1.54, 1.807) is 0 Å². The van der Waals surface area contributed by atoms with E-state index in [2.05, 4.69) is 20.7 Å². The van der Waals surface area contributed by atoms with Crippen LogP contribution in [0.3, 0.4) is 0 Å². The van der Waals surface area contributed by atoms with Gasteiger partial charge in [0.05, 0.1) is 7.11 Å². The van der Waals surface area contributed by atoms with Crippen molar-refractivity contribution >= 4 is 21.9 Å². The summed E-state index contributed by atoms with van der Waals surface area (Å²) in [7, 11) is 1.16. The van der Waals surface area contributed by atoms with Gasteiger partial charge >= 0.3 is 5.97 Å². The van der Waals surface area contributed by atoms with Crippen LogP contribution in [0.25, 0.3) is 0 Å². The van der Waals surface area contributed by atoms with Crippen LogP contribution in [0.5, 0.6) is 0 Å². The molecule has 0 aromatic heterocycles. The Kier molecular flexibility index (Phi) is 4.37. The first-order valence-corrected chi connectivity index (χ1v) is 5.21. The Bertz CT molecular complexity index is 389. The summed E-state index contributed by atoms with van der Waals surface area (Å²) in [4.78, 5) is 11.0. The van der Waals surface area contributed by atoms with Crippen LogP contribution in [0.4, 0.5) is 8.78 Å². The van der Waals surface area contributed by atoms with Crippen molar-refractivity contribution in [1.29, 1.82) is 0 Å². The van der Waals surface area contributed by atoms with Crippen molar-refractivity contribution in [3.05, 3.63) is 33.8 Å². The molecular weight excluding hydrogens is 284 g/mol. The molecule has 0 bridgehead atoms. The molecule has 2 N–H and O–H groups in total. The normalized spacial score (nSPS) is 12.3. The smallest absolute Gasteiger partial charge is 0.322 e. The monoisotopic (exact) mass is 293 g/mol. The lowest BCUT2D eigenvalue weighted by Gasteiger charge is -2.10. The van der Waals surface area contributed by atoms with Crippen molar-refractivity contribution in [1.82, 2.24) is 0 Å². The number of halogens is 3. The number of hydrogen-bond acceptors (Lipinski definition) is 3. The molecule has 0 amide bonds. The molecule has 0 saturated heterocycles. The number of carbonyl (C=O) groups excluding carboxylic acids is 1. The largest absolute Gasteiger partial charge is 0.468 e. The van der Waals surface area contributed by atoms with Gasteiger partial charge in [-0.15, -0.1) is 0 Å². The highest BCUT2D eigenvalue weighted by atomic mass is 79.9. The Morgan fingerprint density at radius 1 is 1.50 bits per heavy atom. The Labute approximate surface area is 99.7 Å². The summed E-state index contributed by atoms with van der Waals surface area (Å²) in [6.45, 7) is 0. The number of ether oxygens (including phenoxy) is 1. The van der Waals surface area contributed by atoms with Crippen LogP contribution in [0.15, 0.2) is 16.6 Å². The summed E-state index contributed by atoms with van der Waals surface area (Å²) >= 11 is 2.95. The molecule has 16 heavy (non-hydrogen) atoms. The molecule has 0 aliphatic rings. The average molecular weight is 294 g/mol. The molecule has 88 valence electrons. The minimum absolute atomic E-state index is 0.221. The zero-order valence-electron chi connectivity index (χ0n) is 8.47. The number of rotatable bonds is 3. The van der Waals surface area contributed by atoms with Crippen molar-refractivity contribution in [2.45, 2.75) is 12.5 Å². The van der Waals surface area contributed by atoms with Gasteiger partial charge in [-0.05, 0) is 12.1 Å². The van der Waals surface area contributed by atoms with E-state index in [0.29, 0.717) is 0 Å². The van der Waals surface area contributed by atoms with Gasteiger partial charge in [-0.1, -0.05) is 15.9 Å². The maximum atomic E-state index is 13.4. The maximum absolute atomic E-state index is 13.4. The standard InChI is InChI=1S/C10H10BrF2NO2/c1-16-10(15)9(14)4-6-7(12)2-5(11)3-8(6)13/h2-3,9H,4,14H2,1H3/t9-/m1/s1. The topological polar surface area (TPSA) is 52.3 Å². The van der Waals surface area contributed by atoms with Gasteiger partial charge in [0, 0.05) is 16.5 Å². The van der Waals surface area contributed by atoms with E-state index in [-0.39, 0.29) is 16.5 Å². The van der Waals surface area contributed by atoms with E-state index in [9.17, 15) is 13.6 Å². The van der Waals surface area contributed by atoms with Crippen LogP contribution in [-0.2, 0) is 16.0 Å². The van der Waals surface area contributed by atoms with E-state index < -0.39 is 23.6 Å². The van der Waals surface area contributed by atoms with Crippen LogP contribution < -0.4 is 5.73 Å². The quantitative estimate of drug-likeness (QED) is 0.864. The third-order valence-electron chi connectivity index (χ3n) is 2.03. The van der Waals surface area contributed by atoms with Crippen LogP contribution in [0, 0.1) is 11.6 Å². The van der Waals surface area contributed by atoms with Gasteiger partial charge in [0.15, 0.2) is 0 Å². The molecule has 0 radical (unpaired) electrons. The molecule has 0 spiro atoms. The van der Waals surface area contributed by atoms with Gasteiger partial charge in [0.1, 0.15) is 17.7 Å². The molecule has 1 atom stereocenters. The third-order valence-corrected chi connectivity index (χ3v) is 2.49.